The lowest BCUT2D eigenvalue weighted by Gasteiger charge is -2.36. The van der Waals surface area contributed by atoms with Gasteiger partial charge in [-0.1, -0.05) is 0 Å². The summed E-state index contributed by atoms with van der Waals surface area (Å²) in [5.41, 5.74) is 2.48. The van der Waals surface area contributed by atoms with E-state index in [2.05, 4.69) is 5.43 Å². The molecule has 1 saturated heterocycles. The Kier molecular flexibility index (Phi) is 1.54. The highest BCUT2D eigenvalue weighted by Crippen LogP contribution is 2.05. The number of hydrogen-bond donors (Lipinski definition) is 3. The third kappa shape index (κ3) is 1.11. The first kappa shape index (κ1) is 6.31. The highest BCUT2D eigenvalue weighted by molar-refractivity contribution is 5.66. The van der Waals surface area contributed by atoms with Crippen LogP contribution in [0.5, 0.6) is 0 Å². The molecule has 0 saturated carbocycles. The zero-order chi connectivity index (χ0) is 6.85. The molecule has 9 heavy (non-hydrogen) atoms. The van der Waals surface area contributed by atoms with Crippen LogP contribution in [-0.4, -0.2) is 35.2 Å². The maximum Gasteiger partial charge on any atom is 0.407 e. The molecule has 0 aliphatic carbocycles. The van der Waals surface area contributed by atoms with Gasteiger partial charge in [0, 0.05) is 13.1 Å². The highest BCUT2D eigenvalue weighted by Gasteiger charge is 2.28. The molecule has 0 bridgehead atoms. The van der Waals surface area contributed by atoms with E-state index in [0.717, 1.165) is 0 Å². The van der Waals surface area contributed by atoms with Crippen LogP contribution >= 0.6 is 0 Å². The quantitative estimate of drug-likeness (QED) is 0.309. The molecule has 1 aliphatic heterocycles. The molecule has 1 fully saturated rings. The van der Waals surface area contributed by atoms with E-state index < -0.39 is 6.09 Å². The van der Waals surface area contributed by atoms with Crippen molar-refractivity contribution in [3.05, 3.63) is 0 Å². The molecule has 5 nitrogen and oxygen atoms in total. The smallest absolute Gasteiger partial charge is 0.407 e. The number of carbonyl (C=O) groups is 1. The Hall–Kier alpha value is -0.810. The molecule has 5 heteroatoms. The first-order valence-corrected chi connectivity index (χ1v) is 2.68. The number of nitrogens with two attached hydrogens (primary N) is 1. The van der Waals surface area contributed by atoms with Crippen molar-refractivity contribution in [1.82, 2.24) is 10.3 Å². The average molecular weight is 131 g/mol. The van der Waals surface area contributed by atoms with Crippen LogP contribution in [-0.2, 0) is 0 Å². The Morgan fingerprint density at radius 2 is 2.33 bits per heavy atom. The Bertz CT molecular complexity index is 121. The lowest BCUT2D eigenvalue weighted by atomic mass is 10.1. The summed E-state index contributed by atoms with van der Waals surface area (Å²) in [6.45, 7) is 1.01. The molecule has 0 unspecified atom stereocenters. The van der Waals surface area contributed by atoms with E-state index in [4.69, 9.17) is 10.9 Å². The van der Waals surface area contributed by atoms with Crippen molar-refractivity contribution < 1.29 is 9.90 Å². The predicted molar refractivity (Wildman–Crippen MR) is 30.7 cm³/mol. The standard InChI is InChI=1S/C4H9N3O2/c5-6-3-1-7(2-3)4(8)9/h3,6H,1-2,5H2,(H,8,9). The Labute approximate surface area is 52.4 Å². The zero-order valence-electron chi connectivity index (χ0n) is 4.87. The zero-order valence-corrected chi connectivity index (χ0v) is 4.87. The monoisotopic (exact) mass is 131 g/mol. The van der Waals surface area contributed by atoms with Crippen molar-refractivity contribution in [2.75, 3.05) is 13.1 Å². The molecular formula is C4H9N3O2. The number of likely N-dealkylation sites (tertiary alicyclic amines) is 1. The number of rotatable bonds is 1. The second-order valence-corrected chi connectivity index (χ2v) is 2.05. The SMILES string of the molecule is NNC1CN(C(=O)O)C1. The van der Waals surface area contributed by atoms with Gasteiger partial charge in [0.25, 0.3) is 0 Å². The van der Waals surface area contributed by atoms with Crippen molar-refractivity contribution in [3.63, 3.8) is 0 Å². The minimum absolute atomic E-state index is 0.154. The van der Waals surface area contributed by atoms with E-state index in [-0.39, 0.29) is 6.04 Å². The summed E-state index contributed by atoms with van der Waals surface area (Å²) in [5.74, 6) is 5.03. The number of nitrogens with one attached hydrogen (secondary N) is 1. The second-order valence-electron chi connectivity index (χ2n) is 2.05. The molecule has 0 spiro atoms. The fourth-order valence-electron chi connectivity index (χ4n) is 0.740. The van der Waals surface area contributed by atoms with Gasteiger partial charge in [-0.15, -0.1) is 0 Å². The fourth-order valence-corrected chi connectivity index (χ4v) is 0.740. The number of amides is 1. The molecule has 0 aromatic rings. The highest BCUT2D eigenvalue weighted by atomic mass is 16.4. The van der Waals surface area contributed by atoms with Gasteiger partial charge in [-0.05, 0) is 0 Å². The lowest BCUT2D eigenvalue weighted by molar-refractivity contribution is 0.0963. The normalized spacial score (nSPS) is 19.4. The number of hydrazine groups is 1. The van der Waals surface area contributed by atoms with Crippen LogP contribution in [0.25, 0.3) is 0 Å². The van der Waals surface area contributed by atoms with Crippen molar-refractivity contribution >= 4 is 6.09 Å². The number of nitrogens with zero attached hydrogens (tertiary/aromatic N) is 1. The summed E-state index contributed by atoms with van der Waals surface area (Å²) in [6.07, 6.45) is -0.874. The Balaban J connectivity index is 2.19. The molecule has 52 valence electrons. The molecule has 0 atom stereocenters. The molecule has 0 aromatic carbocycles. The minimum Gasteiger partial charge on any atom is -0.465 e. The van der Waals surface area contributed by atoms with Gasteiger partial charge < -0.3 is 10.0 Å². The van der Waals surface area contributed by atoms with Gasteiger partial charge in [0.1, 0.15) is 0 Å². The van der Waals surface area contributed by atoms with E-state index >= 15 is 0 Å². The van der Waals surface area contributed by atoms with Crippen LogP contribution in [0.3, 0.4) is 0 Å². The number of hydrogen-bond acceptors (Lipinski definition) is 3. The topological polar surface area (TPSA) is 78.6 Å². The maximum atomic E-state index is 10.1. The Morgan fingerprint density at radius 1 is 1.78 bits per heavy atom. The van der Waals surface area contributed by atoms with E-state index in [1.807, 2.05) is 0 Å². The lowest BCUT2D eigenvalue weighted by Crippen LogP contribution is -2.61. The first-order chi connectivity index (χ1) is 4.24. The van der Waals surface area contributed by atoms with E-state index in [9.17, 15) is 4.79 Å². The van der Waals surface area contributed by atoms with Crippen LogP contribution < -0.4 is 11.3 Å². The molecule has 1 heterocycles. The molecule has 0 aromatic heterocycles. The summed E-state index contributed by atoms with van der Waals surface area (Å²) in [4.78, 5) is 11.4. The summed E-state index contributed by atoms with van der Waals surface area (Å²) in [6, 6.07) is 0.154. The van der Waals surface area contributed by atoms with Gasteiger partial charge in [0.15, 0.2) is 0 Å². The Morgan fingerprint density at radius 3 is 2.67 bits per heavy atom. The third-order valence-corrected chi connectivity index (χ3v) is 1.39. The molecule has 1 rings (SSSR count). The predicted octanol–water partition coefficient (Wildman–Crippen LogP) is -1.19. The van der Waals surface area contributed by atoms with Gasteiger partial charge in [0.05, 0.1) is 6.04 Å². The van der Waals surface area contributed by atoms with E-state index in [1.165, 1.54) is 4.90 Å². The second kappa shape index (κ2) is 2.20. The van der Waals surface area contributed by atoms with Gasteiger partial charge in [-0.3, -0.25) is 11.3 Å². The summed E-state index contributed by atoms with van der Waals surface area (Å²) in [7, 11) is 0. The van der Waals surface area contributed by atoms with Gasteiger partial charge in [-0.25, -0.2) is 4.79 Å². The number of carboxylic acid groups (broad SMARTS) is 1. The van der Waals surface area contributed by atoms with Crippen LogP contribution in [0.15, 0.2) is 0 Å². The van der Waals surface area contributed by atoms with Crippen LogP contribution in [0.1, 0.15) is 0 Å². The largest absolute Gasteiger partial charge is 0.465 e. The summed E-state index contributed by atoms with van der Waals surface area (Å²) < 4.78 is 0. The van der Waals surface area contributed by atoms with Crippen molar-refractivity contribution in [2.45, 2.75) is 6.04 Å². The van der Waals surface area contributed by atoms with Gasteiger partial charge >= 0.3 is 6.09 Å². The van der Waals surface area contributed by atoms with Crippen molar-refractivity contribution in [3.8, 4) is 0 Å². The summed E-state index contributed by atoms with van der Waals surface area (Å²) >= 11 is 0. The molecule has 0 radical (unpaired) electrons. The molecular weight excluding hydrogens is 122 g/mol. The molecule has 1 amide bonds. The van der Waals surface area contributed by atoms with Gasteiger partial charge in [0.2, 0.25) is 0 Å². The van der Waals surface area contributed by atoms with E-state index in [0.29, 0.717) is 13.1 Å². The molecule has 1 aliphatic rings. The van der Waals surface area contributed by atoms with Crippen molar-refractivity contribution in [2.24, 2.45) is 5.84 Å². The first-order valence-electron chi connectivity index (χ1n) is 2.68. The van der Waals surface area contributed by atoms with Crippen molar-refractivity contribution in [1.29, 1.82) is 0 Å². The summed E-state index contributed by atoms with van der Waals surface area (Å²) in [5, 5.41) is 8.30. The molecule has 4 N–H and O–H groups in total. The van der Waals surface area contributed by atoms with E-state index in [1.54, 1.807) is 0 Å². The van der Waals surface area contributed by atoms with Crippen LogP contribution in [0.4, 0.5) is 4.79 Å². The third-order valence-electron chi connectivity index (χ3n) is 1.39. The van der Waals surface area contributed by atoms with Crippen LogP contribution in [0, 0.1) is 0 Å². The minimum atomic E-state index is -0.874. The fraction of sp³-hybridized carbons (Fsp3) is 0.750. The average Bonchev–Trinajstić information content (AvgIpc) is 1.61. The van der Waals surface area contributed by atoms with Crippen LogP contribution in [0.2, 0.25) is 0 Å². The van der Waals surface area contributed by atoms with Gasteiger partial charge in [-0.2, -0.15) is 0 Å². The maximum absolute atomic E-state index is 10.1.